The van der Waals surface area contributed by atoms with Crippen molar-refractivity contribution in [2.24, 2.45) is 5.92 Å². The van der Waals surface area contributed by atoms with Gasteiger partial charge >= 0.3 is 5.97 Å². The summed E-state index contributed by atoms with van der Waals surface area (Å²) in [4.78, 5) is 36.7. The summed E-state index contributed by atoms with van der Waals surface area (Å²) in [6.07, 6.45) is 1.56. The maximum Gasteiger partial charge on any atom is 0.328 e. The highest BCUT2D eigenvalue weighted by Crippen LogP contribution is 2.27. The molecule has 2 aromatic carbocycles. The number of para-hydroxylation sites is 1. The molecule has 2 N–H and O–H groups in total. The molecule has 0 bridgehead atoms. The maximum absolute atomic E-state index is 12.4. The zero-order valence-electron chi connectivity index (χ0n) is 15.8. The molecule has 0 fully saturated rings. The van der Waals surface area contributed by atoms with E-state index in [-0.39, 0.29) is 24.2 Å². The first kappa shape index (κ1) is 19.6. The molecule has 0 radical (unpaired) electrons. The third-order valence-corrected chi connectivity index (χ3v) is 4.94. The number of carbonyl (C=O) groups excluding carboxylic acids is 3. The molecule has 0 aliphatic carbocycles. The molecule has 28 heavy (non-hydrogen) atoms. The van der Waals surface area contributed by atoms with Gasteiger partial charge in [0.15, 0.2) is 0 Å². The molecule has 1 aliphatic rings. The van der Waals surface area contributed by atoms with Gasteiger partial charge in [0.1, 0.15) is 6.04 Å². The number of rotatable bonds is 7. The van der Waals surface area contributed by atoms with Crippen LogP contribution in [-0.2, 0) is 32.0 Å². The number of methoxy groups -OCH3 is 1. The van der Waals surface area contributed by atoms with Gasteiger partial charge in [0.25, 0.3) is 0 Å². The van der Waals surface area contributed by atoms with Gasteiger partial charge in [-0.1, -0.05) is 48.5 Å². The quantitative estimate of drug-likeness (QED) is 0.723. The highest BCUT2D eigenvalue weighted by molar-refractivity contribution is 5.96. The summed E-state index contributed by atoms with van der Waals surface area (Å²) in [5.41, 5.74) is 2.84. The van der Waals surface area contributed by atoms with Gasteiger partial charge in [0.2, 0.25) is 11.8 Å². The first-order valence-corrected chi connectivity index (χ1v) is 9.36. The second kappa shape index (κ2) is 9.17. The number of hydrogen-bond donors (Lipinski definition) is 2. The van der Waals surface area contributed by atoms with E-state index in [1.54, 1.807) is 0 Å². The van der Waals surface area contributed by atoms with Gasteiger partial charge in [0.05, 0.1) is 7.11 Å². The van der Waals surface area contributed by atoms with Crippen LogP contribution in [0.4, 0.5) is 5.69 Å². The highest BCUT2D eigenvalue weighted by Gasteiger charge is 2.27. The molecule has 146 valence electrons. The molecule has 2 aromatic rings. The number of amides is 2. The van der Waals surface area contributed by atoms with Crippen molar-refractivity contribution >= 4 is 23.5 Å². The Bertz CT molecular complexity index is 851. The van der Waals surface area contributed by atoms with Crippen LogP contribution in [0.2, 0.25) is 0 Å². The fourth-order valence-electron chi connectivity index (χ4n) is 3.40. The first-order valence-electron chi connectivity index (χ1n) is 9.36. The standard InChI is InChI=1S/C22H24N2O4/c1-28-22(27)19(13-15-7-3-2-4-8-15)23-20(25)12-11-17-14-16-9-5-6-10-18(16)24-21(17)26/h2-10,17,19H,11-14H2,1H3,(H,23,25)(H,24,26)/t17?,19-/m0/s1. The zero-order chi connectivity index (χ0) is 19.9. The lowest BCUT2D eigenvalue weighted by atomic mass is 9.89. The van der Waals surface area contributed by atoms with Crippen LogP contribution in [0.15, 0.2) is 54.6 Å². The topological polar surface area (TPSA) is 84.5 Å². The van der Waals surface area contributed by atoms with Crippen LogP contribution < -0.4 is 10.6 Å². The SMILES string of the molecule is COC(=O)[C@H](Cc1ccccc1)NC(=O)CCC1Cc2ccccc2NC1=O. The van der Waals surface area contributed by atoms with E-state index in [0.717, 1.165) is 16.8 Å². The first-order chi connectivity index (χ1) is 13.6. The third kappa shape index (κ3) is 4.97. The Balaban J connectivity index is 1.56. The van der Waals surface area contributed by atoms with Gasteiger partial charge in [0, 0.05) is 24.4 Å². The normalized spacial score (nSPS) is 16.5. The summed E-state index contributed by atoms with van der Waals surface area (Å²) >= 11 is 0. The van der Waals surface area contributed by atoms with Crippen LogP contribution in [0.25, 0.3) is 0 Å². The summed E-state index contributed by atoms with van der Waals surface area (Å²) < 4.78 is 4.82. The minimum atomic E-state index is -0.749. The predicted molar refractivity (Wildman–Crippen MR) is 106 cm³/mol. The van der Waals surface area contributed by atoms with Crippen molar-refractivity contribution < 1.29 is 19.1 Å². The largest absolute Gasteiger partial charge is 0.467 e. The minimum absolute atomic E-state index is 0.0692. The molecule has 0 saturated carbocycles. The molecule has 3 rings (SSSR count). The van der Waals surface area contributed by atoms with Crippen LogP contribution in [0.5, 0.6) is 0 Å². The highest BCUT2D eigenvalue weighted by atomic mass is 16.5. The van der Waals surface area contributed by atoms with Crippen LogP contribution in [0.3, 0.4) is 0 Å². The lowest BCUT2D eigenvalue weighted by Crippen LogP contribution is -2.43. The Morgan fingerprint density at radius 2 is 1.86 bits per heavy atom. The fraction of sp³-hybridized carbons (Fsp3) is 0.318. The number of ether oxygens (including phenoxy) is 1. The van der Waals surface area contributed by atoms with Gasteiger partial charge in [-0.05, 0) is 30.0 Å². The Hall–Kier alpha value is -3.15. The predicted octanol–water partition coefficient (Wildman–Crippen LogP) is 2.48. The van der Waals surface area contributed by atoms with Crippen LogP contribution in [-0.4, -0.2) is 30.9 Å². The summed E-state index contributed by atoms with van der Waals surface area (Å²) in [5.74, 6) is -1.08. The molecular weight excluding hydrogens is 356 g/mol. The monoisotopic (exact) mass is 380 g/mol. The van der Waals surface area contributed by atoms with Gasteiger partial charge in [-0.25, -0.2) is 4.79 Å². The number of esters is 1. The van der Waals surface area contributed by atoms with Crippen molar-refractivity contribution in [3.05, 3.63) is 65.7 Å². The van der Waals surface area contributed by atoms with Crippen LogP contribution >= 0.6 is 0 Å². The smallest absolute Gasteiger partial charge is 0.328 e. The van der Waals surface area contributed by atoms with Crippen molar-refractivity contribution in [1.29, 1.82) is 0 Å². The Labute approximate surface area is 164 Å². The number of benzene rings is 2. The Morgan fingerprint density at radius 3 is 2.61 bits per heavy atom. The summed E-state index contributed by atoms with van der Waals surface area (Å²) in [6, 6.07) is 16.4. The molecule has 6 heteroatoms. The lowest BCUT2D eigenvalue weighted by molar-refractivity contribution is -0.145. The maximum atomic E-state index is 12.4. The second-order valence-electron chi connectivity index (χ2n) is 6.92. The average Bonchev–Trinajstić information content (AvgIpc) is 2.72. The molecule has 0 aromatic heterocycles. The number of anilines is 1. The van der Waals surface area contributed by atoms with E-state index in [0.29, 0.717) is 19.3 Å². The van der Waals surface area contributed by atoms with Crippen molar-refractivity contribution in [2.75, 3.05) is 12.4 Å². The minimum Gasteiger partial charge on any atom is -0.467 e. The van der Waals surface area contributed by atoms with E-state index < -0.39 is 12.0 Å². The number of fused-ring (bicyclic) bond motifs is 1. The summed E-state index contributed by atoms with van der Waals surface area (Å²) in [7, 11) is 1.30. The Morgan fingerprint density at radius 1 is 1.14 bits per heavy atom. The van der Waals surface area contributed by atoms with Gasteiger partial charge in [-0.3, -0.25) is 9.59 Å². The fourth-order valence-corrected chi connectivity index (χ4v) is 3.40. The second-order valence-corrected chi connectivity index (χ2v) is 6.92. The number of nitrogens with one attached hydrogen (secondary N) is 2. The van der Waals surface area contributed by atoms with Crippen molar-refractivity contribution in [3.63, 3.8) is 0 Å². The van der Waals surface area contributed by atoms with E-state index >= 15 is 0 Å². The van der Waals surface area contributed by atoms with Crippen molar-refractivity contribution in [2.45, 2.75) is 31.7 Å². The summed E-state index contributed by atoms with van der Waals surface area (Å²) in [5, 5.41) is 5.63. The molecule has 0 saturated heterocycles. The molecule has 2 amide bonds. The molecule has 1 aliphatic heterocycles. The van der Waals surface area contributed by atoms with Gasteiger partial charge in [-0.2, -0.15) is 0 Å². The molecular formula is C22H24N2O4. The van der Waals surface area contributed by atoms with E-state index in [1.165, 1.54) is 7.11 Å². The third-order valence-electron chi connectivity index (χ3n) is 4.94. The van der Waals surface area contributed by atoms with E-state index in [2.05, 4.69) is 10.6 Å². The molecule has 1 heterocycles. The van der Waals surface area contributed by atoms with Gasteiger partial charge < -0.3 is 15.4 Å². The van der Waals surface area contributed by atoms with E-state index in [9.17, 15) is 14.4 Å². The zero-order valence-corrected chi connectivity index (χ0v) is 15.8. The van der Waals surface area contributed by atoms with Crippen LogP contribution in [0, 0.1) is 5.92 Å². The van der Waals surface area contributed by atoms with E-state index in [4.69, 9.17) is 4.74 Å². The van der Waals surface area contributed by atoms with Crippen molar-refractivity contribution in [1.82, 2.24) is 5.32 Å². The lowest BCUT2D eigenvalue weighted by Gasteiger charge is -2.24. The molecule has 0 spiro atoms. The van der Waals surface area contributed by atoms with Crippen molar-refractivity contribution in [3.8, 4) is 0 Å². The van der Waals surface area contributed by atoms with E-state index in [1.807, 2.05) is 54.6 Å². The average molecular weight is 380 g/mol. The van der Waals surface area contributed by atoms with Crippen LogP contribution in [0.1, 0.15) is 24.0 Å². The number of carbonyl (C=O) groups is 3. The Kier molecular flexibility index (Phi) is 6.42. The number of hydrogen-bond acceptors (Lipinski definition) is 4. The summed E-state index contributed by atoms with van der Waals surface area (Å²) in [6.45, 7) is 0. The molecule has 2 atom stereocenters. The molecule has 1 unspecified atom stereocenters. The molecule has 6 nitrogen and oxygen atoms in total. The van der Waals surface area contributed by atoms with Gasteiger partial charge in [-0.15, -0.1) is 0 Å².